The molecule has 0 heterocycles. The Morgan fingerprint density at radius 2 is 1.61 bits per heavy atom. The van der Waals surface area contributed by atoms with E-state index < -0.39 is 10.0 Å². The number of halogens is 2. The summed E-state index contributed by atoms with van der Waals surface area (Å²) in [6.45, 7) is 1.83. The van der Waals surface area contributed by atoms with Crippen molar-refractivity contribution in [3.63, 3.8) is 0 Å². The Labute approximate surface area is 204 Å². The number of ether oxygens (including phenoxy) is 1. The van der Waals surface area contributed by atoms with E-state index >= 15 is 0 Å². The minimum absolute atomic E-state index is 0.0340. The minimum atomic E-state index is -3.64. The highest BCUT2D eigenvalue weighted by atomic mass is 35.5. The summed E-state index contributed by atoms with van der Waals surface area (Å²) < 4.78 is 31.5. The van der Waals surface area contributed by atoms with Gasteiger partial charge in [0.1, 0.15) is 5.75 Å². The molecule has 3 rings (SSSR count). The average molecular weight is 507 g/mol. The number of nitrogens with zero attached hydrogens (tertiary/aromatic N) is 1. The van der Waals surface area contributed by atoms with Crippen LogP contribution in [0.15, 0.2) is 66.7 Å². The Kier molecular flexibility index (Phi) is 7.89. The van der Waals surface area contributed by atoms with Crippen LogP contribution in [0.5, 0.6) is 5.75 Å². The second kappa shape index (κ2) is 10.5. The number of methoxy groups -OCH3 is 1. The number of sulfonamides is 1. The van der Waals surface area contributed by atoms with Crippen molar-refractivity contribution in [1.82, 2.24) is 5.32 Å². The zero-order valence-electron chi connectivity index (χ0n) is 18.4. The second-order valence-corrected chi connectivity index (χ2v) is 10.2. The van der Waals surface area contributed by atoms with Gasteiger partial charge in [-0.05, 0) is 49.4 Å². The van der Waals surface area contributed by atoms with Crippen molar-refractivity contribution in [2.24, 2.45) is 0 Å². The standard InChI is InChI=1S/C24H24Cl2N2O4S/c1-16(19-7-4-5-10-23(19)32-2)27-24(29)17-11-13-18(14-12-17)28(33(3,30)31)15-20-21(25)8-6-9-22(20)26/h4-14,16H,15H2,1-3H3,(H,27,29). The maximum Gasteiger partial charge on any atom is 0.251 e. The molecule has 0 bridgehead atoms. The first-order valence-corrected chi connectivity index (χ1v) is 12.7. The Hall–Kier alpha value is -2.74. The highest BCUT2D eigenvalue weighted by molar-refractivity contribution is 7.92. The summed E-state index contributed by atoms with van der Waals surface area (Å²) in [5.74, 6) is 0.391. The normalized spacial score (nSPS) is 12.2. The van der Waals surface area contributed by atoms with Crippen molar-refractivity contribution in [3.05, 3.63) is 93.5 Å². The number of benzene rings is 3. The van der Waals surface area contributed by atoms with Gasteiger partial charge < -0.3 is 10.1 Å². The number of hydrogen-bond acceptors (Lipinski definition) is 4. The molecular weight excluding hydrogens is 483 g/mol. The third-order valence-corrected chi connectivity index (χ3v) is 6.98. The van der Waals surface area contributed by atoms with E-state index in [1.54, 1.807) is 49.6 Å². The first-order chi connectivity index (χ1) is 15.6. The number of amides is 1. The van der Waals surface area contributed by atoms with E-state index in [1.807, 2.05) is 31.2 Å². The summed E-state index contributed by atoms with van der Waals surface area (Å²) in [6, 6.07) is 18.5. The summed E-state index contributed by atoms with van der Waals surface area (Å²) in [4.78, 5) is 12.8. The molecule has 0 aliphatic rings. The fourth-order valence-electron chi connectivity index (χ4n) is 3.39. The van der Waals surface area contributed by atoms with Crippen LogP contribution in [0, 0.1) is 0 Å². The van der Waals surface area contributed by atoms with Gasteiger partial charge in [-0.1, -0.05) is 47.5 Å². The molecule has 3 aromatic carbocycles. The monoisotopic (exact) mass is 506 g/mol. The predicted octanol–water partition coefficient (Wildman–Crippen LogP) is 5.46. The average Bonchev–Trinajstić information content (AvgIpc) is 2.78. The maximum absolute atomic E-state index is 12.8. The molecule has 3 aromatic rings. The van der Waals surface area contributed by atoms with E-state index in [0.717, 1.165) is 11.8 Å². The number of rotatable bonds is 8. The van der Waals surface area contributed by atoms with Crippen molar-refractivity contribution in [1.29, 1.82) is 0 Å². The van der Waals surface area contributed by atoms with Gasteiger partial charge in [-0.15, -0.1) is 0 Å². The molecule has 0 aromatic heterocycles. The summed E-state index contributed by atoms with van der Waals surface area (Å²) in [6.07, 6.45) is 1.10. The van der Waals surface area contributed by atoms with Crippen LogP contribution in [-0.4, -0.2) is 27.7 Å². The Balaban J connectivity index is 1.81. The van der Waals surface area contributed by atoms with E-state index in [4.69, 9.17) is 27.9 Å². The molecule has 9 heteroatoms. The van der Waals surface area contributed by atoms with Gasteiger partial charge in [0.25, 0.3) is 5.91 Å². The first kappa shape index (κ1) is 24.9. The molecule has 0 saturated carbocycles. The molecule has 174 valence electrons. The number of hydrogen-bond donors (Lipinski definition) is 1. The Bertz CT molecular complexity index is 1230. The van der Waals surface area contributed by atoms with Crippen LogP contribution in [-0.2, 0) is 16.6 Å². The van der Waals surface area contributed by atoms with Crippen LogP contribution in [0.1, 0.15) is 34.5 Å². The highest BCUT2D eigenvalue weighted by Gasteiger charge is 2.21. The van der Waals surface area contributed by atoms with Crippen molar-refractivity contribution in [3.8, 4) is 5.75 Å². The lowest BCUT2D eigenvalue weighted by Gasteiger charge is -2.24. The van der Waals surface area contributed by atoms with Gasteiger partial charge in [-0.25, -0.2) is 8.42 Å². The van der Waals surface area contributed by atoms with E-state index in [0.29, 0.717) is 32.6 Å². The number of para-hydroxylation sites is 1. The van der Waals surface area contributed by atoms with Crippen LogP contribution < -0.4 is 14.4 Å². The topological polar surface area (TPSA) is 75.7 Å². The predicted molar refractivity (Wildman–Crippen MR) is 133 cm³/mol. The molecule has 0 aliphatic heterocycles. The zero-order valence-corrected chi connectivity index (χ0v) is 20.7. The number of carbonyl (C=O) groups is 1. The SMILES string of the molecule is COc1ccccc1C(C)NC(=O)c1ccc(N(Cc2c(Cl)cccc2Cl)S(C)(=O)=O)cc1. The molecule has 1 unspecified atom stereocenters. The molecule has 6 nitrogen and oxygen atoms in total. The smallest absolute Gasteiger partial charge is 0.251 e. The van der Waals surface area contributed by atoms with Gasteiger partial charge in [-0.2, -0.15) is 0 Å². The summed E-state index contributed by atoms with van der Waals surface area (Å²) in [5.41, 5.74) is 2.14. The second-order valence-electron chi connectivity index (χ2n) is 7.45. The zero-order chi connectivity index (χ0) is 24.2. The maximum atomic E-state index is 12.8. The molecule has 0 spiro atoms. The lowest BCUT2D eigenvalue weighted by Crippen LogP contribution is -2.30. The van der Waals surface area contributed by atoms with Crippen LogP contribution in [0.3, 0.4) is 0 Å². The fourth-order valence-corrected chi connectivity index (χ4v) is 4.77. The lowest BCUT2D eigenvalue weighted by atomic mass is 10.1. The summed E-state index contributed by atoms with van der Waals surface area (Å²) in [5, 5.41) is 3.68. The van der Waals surface area contributed by atoms with Gasteiger partial charge in [0.15, 0.2) is 0 Å². The first-order valence-electron chi connectivity index (χ1n) is 10.1. The van der Waals surface area contributed by atoms with Gasteiger partial charge >= 0.3 is 0 Å². The Morgan fingerprint density at radius 3 is 2.18 bits per heavy atom. The summed E-state index contributed by atoms with van der Waals surface area (Å²) >= 11 is 12.5. The molecule has 1 atom stereocenters. The van der Waals surface area contributed by atoms with Crippen molar-refractivity contribution in [2.75, 3.05) is 17.7 Å². The fraction of sp³-hybridized carbons (Fsp3) is 0.208. The van der Waals surface area contributed by atoms with Crippen LogP contribution in [0.2, 0.25) is 10.0 Å². The molecule has 0 radical (unpaired) electrons. The number of nitrogens with one attached hydrogen (secondary N) is 1. The van der Waals surface area contributed by atoms with E-state index in [9.17, 15) is 13.2 Å². The molecular formula is C24H24Cl2N2O4S. The third-order valence-electron chi connectivity index (χ3n) is 5.13. The minimum Gasteiger partial charge on any atom is -0.496 e. The van der Waals surface area contributed by atoms with Gasteiger partial charge in [0, 0.05) is 26.7 Å². The quantitative estimate of drug-likeness (QED) is 0.440. The molecule has 1 amide bonds. The summed E-state index contributed by atoms with van der Waals surface area (Å²) in [7, 11) is -2.07. The number of anilines is 1. The van der Waals surface area contributed by atoms with Crippen LogP contribution in [0.25, 0.3) is 0 Å². The number of carbonyl (C=O) groups excluding carboxylic acids is 1. The molecule has 0 fully saturated rings. The highest BCUT2D eigenvalue weighted by Crippen LogP contribution is 2.29. The van der Waals surface area contributed by atoms with Crippen molar-refractivity contribution < 1.29 is 17.9 Å². The van der Waals surface area contributed by atoms with Crippen LogP contribution in [0.4, 0.5) is 5.69 Å². The Morgan fingerprint density at radius 1 is 1.00 bits per heavy atom. The van der Waals surface area contributed by atoms with Gasteiger partial charge in [0.05, 0.1) is 31.6 Å². The molecule has 0 aliphatic carbocycles. The van der Waals surface area contributed by atoms with Crippen molar-refractivity contribution >= 4 is 44.8 Å². The largest absolute Gasteiger partial charge is 0.496 e. The van der Waals surface area contributed by atoms with Crippen LogP contribution >= 0.6 is 23.2 Å². The third kappa shape index (κ3) is 5.99. The van der Waals surface area contributed by atoms with Gasteiger partial charge in [0.2, 0.25) is 10.0 Å². The van der Waals surface area contributed by atoms with E-state index in [2.05, 4.69) is 5.32 Å². The van der Waals surface area contributed by atoms with E-state index in [1.165, 1.54) is 4.31 Å². The lowest BCUT2D eigenvalue weighted by molar-refractivity contribution is 0.0939. The van der Waals surface area contributed by atoms with Crippen molar-refractivity contribution in [2.45, 2.75) is 19.5 Å². The molecule has 1 N–H and O–H groups in total. The molecule has 0 saturated heterocycles. The van der Waals surface area contributed by atoms with E-state index in [-0.39, 0.29) is 18.5 Å². The molecule has 33 heavy (non-hydrogen) atoms. The van der Waals surface area contributed by atoms with Gasteiger partial charge in [-0.3, -0.25) is 9.10 Å².